The van der Waals surface area contributed by atoms with Crippen molar-refractivity contribution in [3.05, 3.63) is 81.9 Å². The number of halogens is 2. The zero-order chi connectivity index (χ0) is 21.7. The molecular formula is C21H18Cl2N4O3. The molecular weight excluding hydrogens is 427 g/mol. The van der Waals surface area contributed by atoms with Crippen LogP contribution in [0.3, 0.4) is 0 Å². The van der Waals surface area contributed by atoms with Crippen molar-refractivity contribution >= 4 is 46.5 Å². The fourth-order valence-corrected chi connectivity index (χ4v) is 3.35. The van der Waals surface area contributed by atoms with Gasteiger partial charge in [0.15, 0.2) is 0 Å². The first kappa shape index (κ1) is 21.5. The Morgan fingerprint density at radius 1 is 1.07 bits per heavy atom. The summed E-state index contributed by atoms with van der Waals surface area (Å²) in [6.07, 6.45) is 4.56. The van der Waals surface area contributed by atoms with Crippen molar-refractivity contribution < 1.29 is 14.7 Å². The highest BCUT2D eigenvalue weighted by Gasteiger charge is 2.19. The lowest BCUT2D eigenvalue weighted by Gasteiger charge is -2.16. The summed E-state index contributed by atoms with van der Waals surface area (Å²) in [6.45, 7) is 1.83. The largest absolute Gasteiger partial charge is 0.480 e. The maximum Gasteiger partial charge on any atom is 0.326 e. The number of hydrogen-bond acceptors (Lipinski definition) is 5. The number of aliphatic carboxylic acids is 1. The fraction of sp³-hybridized carbons (Fsp3) is 0.143. The molecule has 3 aromatic rings. The van der Waals surface area contributed by atoms with Crippen molar-refractivity contribution in [3.8, 4) is 0 Å². The zero-order valence-electron chi connectivity index (χ0n) is 15.9. The maximum absolute atomic E-state index is 12.4. The summed E-state index contributed by atoms with van der Waals surface area (Å²) < 4.78 is 0. The van der Waals surface area contributed by atoms with Crippen molar-refractivity contribution in [2.45, 2.75) is 19.4 Å². The molecule has 0 fully saturated rings. The highest BCUT2D eigenvalue weighted by Crippen LogP contribution is 2.24. The first-order chi connectivity index (χ1) is 14.3. The fourth-order valence-electron chi connectivity index (χ4n) is 2.82. The molecule has 7 nitrogen and oxygen atoms in total. The molecule has 0 radical (unpaired) electrons. The quantitative estimate of drug-likeness (QED) is 0.497. The second-order valence-electron chi connectivity index (χ2n) is 6.55. The lowest BCUT2D eigenvalue weighted by atomic mass is 10.0. The van der Waals surface area contributed by atoms with Crippen LogP contribution in [0.4, 0.5) is 11.4 Å². The Morgan fingerprint density at radius 2 is 1.73 bits per heavy atom. The van der Waals surface area contributed by atoms with Gasteiger partial charge in [-0.25, -0.2) is 4.79 Å². The first-order valence-electron chi connectivity index (χ1n) is 8.95. The maximum atomic E-state index is 12.4. The number of carboxylic acids is 1. The van der Waals surface area contributed by atoms with Crippen LogP contribution < -0.4 is 10.6 Å². The highest BCUT2D eigenvalue weighted by molar-refractivity contribution is 6.40. The average Bonchev–Trinajstić information content (AvgIpc) is 2.69. The second kappa shape index (κ2) is 9.56. The van der Waals surface area contributed by atoms with Gasteiger partial charge in [-0.15, -0.1) is 0 Å². The van der Waals surface area contributed by atoms with E-state index in [2.05, 4.69) is 20.6 Å². The number of rotatable bonds is 7. The van der Waals surface area contributed by atoms with Crippen molar-refractivity contribution in [1.82, 2.24) is 9.97 Å². The van der Waals surface area contributed by atoms with Crippen LogP contribution in [0.1, 0.15) is 21.6 Å². The van der Waals surface area contributed by atoms with Gasteiger partial charge in [-0.3, -0.25) is 14.8 Å². The minimum atomic E-state index is -0.969. The van der Waals surface area contributed by atoms with E-state index in [4.69, 9.17) is 23.2 Å². The molecule has 0 aliphatic carbocycles. The Hall–Kier alpha value is -3.16. The van der Waals surface area contributed by atoms with Crippen molar-refractivity contribution in [2.75, 3.05) is 10.6 Å². The van der Waals surface area contributed by atoms with E-state index in [0.717, 1.165) is 11.3 Å². The number of anilines is 2. The Labute approximate surface area is 183 Å². The predicted octanol–water partition coefficient (Wildman–Crippen LogP) is 4.45. The molecule has 1 aromatic carbocycles. The topological polar surface area (TPSA) is 104 Å². The van der Waals surface area contributed by atoms with Gasteiger partial charge in [0.05, 0.1) is 15.6 Å². The molecule has 0 aliphatic heterocycles. The van der Waals surface area contributed by atoms with E-state index < -0.39 is 17.9 Å². The van der Waals surface area contributed by atoms with E-state index in [-0.39, 0.29) is 22.0 Å². The molecule has 0 bridgehead atoms. The lowest BCUT2D eigenvalue weighted by Crippen LogP contribution is -2.31. The average molecular weight is 445 g/mol. The number of aryl methyl sites for hydroxylation is 1. The van der Waals surface area contributed by atoms with Gasteiger partial charge in [0.1, 0.15) is 6.04 Å². The van der Waals surface area contributed by atoms with Crippen LogP contribution in [0.15, 0.2) is 55.0 Å². The summed E-state index contributed by atoms with van der Waals surface area (Å²) in [5, 5.41) is 15.6. The standard InChI is InChI=1S/C21H18Cl2N4O3/c1-12-8-15(6-7-25-12)26-18(21(29)30)9-13-2-4-14(5-3-13)27-20(28)19-16(22)10-24-11-17(19)23/h2-8,10-11,18H,9H2,1H3,(H,25,26)(H,27,28)(H,29,30). The molecule has 0 saturated carbocycles. The summed E-state index contributed by atoms with van der Waals surface area (Å²) in [4.78, 5) is 32.0. The molecule has 2 aromatic heterocycles. The molecule has 3 rings (SSSR count). The summed E-state index contributed by atoms with van der Waals surface area (Å²) in [5.41, 5.74) is 2.93. The summed E-state index contributed by atoms with van der Waals surface area (Å²) in [5.74, 6) is -1.43. The van der Waals surface area contributed by atoms with Crippen LogP contribution in [0.5, 0.6) is 0 Å². The van der Waals surface area contributed by atoms with E-state index in [1.54, 1.807) is 42.6 Å². The number of hydrogen-bond donors (Lipinski definition) is 3. The number of carbonyl (C=O) groups excluding carboxylic acids is 1. The number of carbonyl (C=O) groups is 2. The van der Waals surface area contributed by atoms with Gasteiger partial charge in [-0.2, -0.15) is 0 Å². The number of carboxylic acid groups (broad SMARTS) is 1. The number of aromatic nitrogens is 2. The molecule has 0 spiro atoms. The van der Waals surface area contributed by atoms with E-state index in [0.29, 0.717) is 11.4 Å². The molecule has 30 heavy (non-hydrogen) atoms. The second-order valence-corrected chi connectivity index (χ2v) is 7.37. The number of nitrogens with one attached hydrogen (secondary N) is 2. The molecule has 2 heterocycles. The third kappa shape index (κ3) is 5.46. The highest BCUT2D eigenvalue weighted by atomic mass is 35.5. The Morgan fingerprint density at radius 3 is 2.33 bits per heavy atom. The van der Waals surface area contributed by atoms with Crippen molar-refractivity contribution in [1.29, 1.82) is 0 Å². The van der Waals surface area contributed by atoms with Crippen molar-refractivity contribution in [2.24, 2.45) is 0 Å². The molecule has 1 atom stereocenters. The monoisotopic (exact) mass is 444 g/mol. The van der Waals surface area contributed by atoms with Gasteiger partial charge in [-0.1, -0.05) is 35.3 Å². The predicted molar refractivity (Wildman–Crippen MR) is 116 cm³/mol. The van der Waals surface area contributed by atoms with Crippen LogP contribution in [-0.2, 0) is 11.2 Å². The third-order valence-corrected chi connectivity index (χ3v) is 4.84. The molecule has 0 saturated heterocycles. The van der Waals surface area contributed by atoms with Crippen LogP contribution in [0.25, 0.3) is 0 Å². The molecule has 154 valence electrons. The third-order valence-electron chi connectivity index (χ3n) is 4.27. The van der Waals surface area contributed by atoms with Gasteiger partial charge in [-0.05, 0) is 36.8 Å². The van der Waals surface area contributed by atoms with E-state index >= 15 is 0 Å². The van der Waals surface area contributed by atoms with Gasteiger partial charge in [0.2, 0.25) is 0 Å². The van der Waals surface area contributed by atoms with E-state index in [1.807, 2.05) is 6.92 Å². The van der Waals surface area contributed by atoms with E-state index in [9.17, 15) is 14.7 Å². The van der Waals surface area contributed by atoms with Gasteiger partial charge >= 0.3 is 5.97 Å². The number of pyridine rings is 2. The molecule has 0 aliphatic rings. The number of amides is 1. The van der Waals surface area contributed by atoms with Gasteiger partial charge in [0, 0.05) is 42.1 Å². The van der Waals surface area contributed by atoms with Crippen LogP contribution >= 0.6 is 23.2 Å². The normalized spacial score (nSPS) is 11.6. The molecule has 3 N–H and O–H groups in total. The molecule has 9 heteroatoms. The summed E-state index contributed by atoms with van der Waals surface area (Å²) in [6, 6.07) is 9.56. The van der Waals surface area contributed by atoms with Crippen LogP contribution in [-0.4, -0.2) is 33.0 Å². The molecule has 1 unspecified atom stereocenters. The smallest absolute Gasteiger partial charge is 0.326 e. The summed E-state index contributed by atoms with van der Waals surface area (Å²) in [7, 11) is 0. The van der Waals surface area contributed by atoms with Crippen molar-refractivity contribution in [3.63, 3.8) is 0 Å². The Bertz CT molecular complexity index is 1050. The number of nitrogens with zero attached hydrogens (tertiary/aromatic N) is 2. The van der Waals surface area contributed by atoms with Gasteiger partial charge in [0.25, 0.3) is 5.91 Å². The van der Waals surface area contributed by atoms with Crippen LogP contribution in [0, 0.1) is 6.92 Å². The van der Waals surface area contributed by atoms with E-state index in [1.165, 1.54) is 12.4 Å². The zero-order valence-corrected chi connectivity index (χ0v) is 17.4. The van der Waals surface area contributed by atoms with Gasteiger partial charge < -0.3 is 15.7 Å². The lowest BCUT2D eigenvalue weighted by molar-refractivity contribution is -0.137. The Kier molecular flexibility index (Phi) is 6.87. The molecule has 1 amide bonds. The SMILES string of the molecule is Cc1cc(NC(Cc2ccc(NC(=O)c3c(Cl)cncc3Cl)cc2)C(=O)O)ccn1. The number of benzene rings is 1. The van der Waals surface area contributed by atoms with Crippen LogP contribution in [0.2, 0.25) is 10.0 Å². The minimum absolute atomic E-state index is 0.139. The Balaban J connectivity index is 1.68. The minimum Gasteiger partial charge on any atom is -0.480 e. The summed E-state index contributed by atoms with van der Waals surface area (Å²) >= 11 is 12.0. The first-order valence-corrected chi connectivity index (χ1v) is 9.70.